The van der Waals surface area contributed by atoms with Crippen LogP contribution in [0.4, 0.5) is 0 Å². The predicted molar refractivity (Wildman–Crippen MR) is 91.1 cm³/mol. The molecule has 1 aliphatic rings. The topological polar surface area (TPSA) is 89.3 Å². The number of carbonyl (C=O) groups is 1. The quantitative estimate of drug-likeness (QED) is 0.856. The van der Waals surface area contributed by atoms with Gasteiger partial charge in [-0.25, -0.2) is 0 Å². The predicted octanol–water partition coefficient (Wildman–Crippen LogP) is 2.10. The van der Waals surface area contributed by atoms with Gasteiger partial charge in [0.25, 0.3) is 0 Å². The highest BCUT2D eigenvalue weighted by Gasteiger charge is 2.25. The Morgan fingerprint density at radius 2 is 2.33 bits per heavy atom. The number of halogens is 1. The number of amides is 1. The molecule has 0 aliphatic carbocycles. The average Bonchev–Trinajstić information content (AvgIpc) is 3.26. The van der Waals surface area contributed by atoms with Gasteiger partial charge in [-0.15, -0.1) is 12.4 Å². The highest BCUT2D eigenvalue weighted by atomic mass is 35.5. The molecule has 1 amide bonds. The lowest BCUT2D eigenvalue weighted by Gasteiger charge is -2.14. The van der Waals surface area contributed by atoms with E-state index in [4.69, 9.17) is 9.26 Å². The number of aromatic nitrogens is 2. The Hall–Kier alpha value is -2.12. The van der Waals surface area contributed by atoms with E-state index in [-0.39, 0.29) is 30.4 Å². The van der Waals surface area contributed by atoms with Crippen molar-refractivity contribution in [3.8, 4) is 17.1 Å². The fourth-order valence-corrected chi connectivity index (χ4v) is 2.57. The van der Waals surface area contributed by atoms with E-state index in [1.807, 2.05) is 31.2 Å². The molecule has 3 rings (SSSR count). The van der Waals surface area contributed by atoms with Crippen molar-refractivity contribution in [3.63, 3.8) is 0 Å². The van der Waals surface area contributed by atoms with Crippen LogP contribution in [0.5, 0.6) is 5.75 Å². The summed E-state index contributed by atoms with van der Waals surface area (Å²) in [6.07, 6.45) is 1.88. The molecule has 24 heavy (non-hydrogen) atoms. The monoisotopic (exact) mass is 352 g/mol. The Kier molecular flexibility index (Phi) is 6.16. The summed E-state index contributed by atoms with van der Waals surface area (Å²) in [5, 5.41) is 10.0. The Bertz CT molecular complexity index is 685. The summed E-state index contributed by atoms with van der Waals surface area (Å²) in [4.78, 5) is 16.5. The van der Waals surface area contributed by atoms with Gasteiger partial charge in [-0.2, -0.15) is 4.98 Å². The SMILES string of the molecule is COc1cccc(-c2noc(C(C)NC(=O)C3CCCN3)n2)c1.Cl. The van der Waals surface area contributed by atoms with Crippen molar-refractivity contribution in [2.24, 2.45) is 0 Å². The lowest BCUT2D eigenvalue weighted by atomic mass is 10.2. The van der Waals surface area contributed by atoms with Gasteiger partial charge in [0, 0.05) is 5.56 Å². The molecule has 0 radical (unpaired) electrons. The maximum Gasteiger partial charge on any atom is 0.249 e. The zero-order valence-electron chi connectivity index (χ0n) is 13.6. The number of benzene rings is 1. The van der Waals surface area contributed by atoms with Crippen LogP contribution < -0.4 is 15.4 Å². The first-order chi connectivity index (χ1) is 11.2. The largest absolute Gasteiger partial charge is 0.497 e. The highest BCUT2D eigenvalue weighted by Crippen LogP contribution is 2.22. The second-order valence-electron chi connectivity index (χ2n) is 5.57. The van der Waals surface area contributed by atoms with E-state index in [2.05, 4.69) is 20.8 Å². The van der Waals surface area contributed by atoms with Crippen LogP contribution in [0.25, 0.3) is 11.4 Å². The summed E-state index contributed by atoms with van der Waals surface area (Å²) in [5.74, 6) is 1.55. The van der Waals surface area contributed by atoms with Gasteiger partial charge in [0.15, 0.2) is 0 Å². The number of carbonyl (C=O) groups excluding carboxylic acids is 1. The second-order valence-corrected chi connectivity index (χ2v) is 5.57. The third-order valence-corrected chi connectivity index (χ3v) is 3.88. The van der Waals surface area contributed by atoms with Gasteiger partial charge in [0.05, 0.1) is 13.2 Å². The van der Waals surface area contributed by atoms with Gasteiger partial charge in [-0.1, -0.05) is 17.3 Å². The van der Waals surface area contributed by atoms with Crippen LogP contribution in [0.3, 0.4) is 0 Å². The zero-order valence-corrected chi connectivity index (χ0v) is 14.4. The molecule has 2 atom stereocenters. The van der Waals surface area contributed by atoms with Crippen LogP contribution in [0.15, 0.2) is 28.8 Å². The van der Waals surface area contributed by atoms with E-state index in [0.717, 1.165) is 30.7 Å². The number of nitrogens with zero attached hydrogens (tertiary/aromatic N) is 2. The molecule has 1 saturated heterocycles. The van der Waals surface area contributed by atoms with Crippen LogP contribution in [-0.2, 0) is 4.79 Å². The lowest BCUT2D eigenvalue weighted by molar-refractivity contribution is -0.123. The molecule has 130 valence electrons. The van der Waals surface area contributed by atoms with Crippen molar-refractivity contribution in [3.05, 3.63) is 30.2 Å². The first kappa shape index (κ1) is 18.2. The van der Waals surface area contributed by atoms with Gasteiger partial charge in [-0.05, 0) is 38.4 Å². The second kappa shape index (κ2) is 8.12. The fourth-order valence-electron chi connectivity index (χ4n) is 2.57. The number of nitrogens with one attached hydrogen (secondary N) is 2. The van der Waals surface area contributed by atoms with Crippen LogP contribution in [0, 0.1) is 0 Å². The number of methoxy groups -OCH3 is 1. The van der Waals surface area contributed by atoms with Crippen LogP contribution in [-0.4, -0.2) is 35.7 Å². The Morgan fingerprint density at radius 1 is 1.50 bits per heavy atom. The molecular weight excluding hydrogens is 332 g/mol. The third-order valence-electron chi connectivity index (χ3n) is 3.88. The van der Waals surface area contributed by atoms with Crippen molar-refractivity contribution in [2.45, 2.75) is 31.8 Å². The van der Waals surface area contributed by atoms with E-state index in [1.54, 1.807) is 7.11 Å². The standard InChI is InChI=1S/C16H20N4O3.ClH/c1-10(18-15(21)13-7-4-8-17-13)16-19-14(20-23-16)11-5-3-6-12(9-11)22-2;/h3,5-6,9-10,13,17H,4,7-8H2,1-2H3,(H,18,21);1H. The van der Waals surface area contributed by atoms with Gasteiger partial charge >= 0.3 is 0 Å². The summed E-state index contributed by atoms with van der Waals surface area (Å²) >= 11 is 0. The molecule has 0 saturated carbocycles. The molecule has 8 heteroatoms. The number of hydrogen-bond donors (Lipinski definition) is 2. The van der Waals surface area contributed by atoms with E-state index >= 15 is 0 Å². The summed E-state index contributed by atoms with van der Waals surface area (Å²) in [6, 6.07) is 6.96. The van der Waals surface area contributed by atoms with E-state index in [1.165, 1.54) is 0 Å². The van der Waals surface area contributed by atoms with Gasteiger partial charge in [0.2, 0.25) is 17.6 Å². The average molecular weight is 353 g/mol. The maximum absolute atomic E-state index is 12.1. The highest BCUT2D eigenvalue weighted by molar-refractivity contribution is 5.85. The van der Waals surface area contributed by atoms with Crippen molar-refractivity contribution in [1.29, 1.82) is 0 Å². The van der Waals surface area contributed by atoms with E-state index < -0.39 is 0 Å². The Balaban J connectivity index is 0.00000208. The van der Waals surface area contributed by atoms with Gasteiger partial charge in [-0.3, -0.25) is 4.79 Å². The zero-order chi connectivity index (χ0) is 16.2. The smallest absolute Gasteiger partial charge is 0.249 e. The summed E-state index contributed by atoms with van der Waals surface area (Å²) in [7, 11) is 1.61. The van der Waals surface area contributed by atoms with Gasteiger partial charge in [0.1, 0.15) is 11.8 Å². The van der Waals surface area contributed by atoms with E-state index in [0.29, 0.717) is 11.7 Å². The molecule has 1 fully saturated rings. The molecule has 1 aromatic heterocycles. The third kappa shape index (κ3) is 4.04. The molecule has 7 nitrogen and oxygen atoms in total. The molecule has 2 unspecified atom stereocenters. The summed E-state index contributed by atoms with van der Waals surface area (Å²) in [6.45, 7) is 2.71. The molecule has 2 aromatic rings. The van der Waals surface area contributed by atoms with Crippen molar-refractivity contribution < 1.29 is 14.1 Å². The summed E-state index contributed by atoms with van der Waals surface area (Å²) in [5.41, 5.74) is 0.801. The first-order valence-corrected chi connectivity index (χ1v) is 7.69. The number of ether oxygens (including phenoxy) is 1. The normalized spacial score (nSPS) is 17.8. The first-order valence-electron chi connectivity index (χ1n) is 7.69. The lowest BCUT2D eigenvalue weighted by Crippen LogP contribution is -2.41. The van der Waals surface area contributed by atoms with Crippen molar-refractivity contribution in [1.82, 2.24) is 20.8 Å². The molecule has 2 heterocycles. The fraction of sp³-hybridized carbons (Fsp3) is 0.438. The molecule has 1 aliphatic heterocycles. The molecule has 2 N–H and O–H groups in total. The molecular formula is C16H21ClN4O3. The maximum atomic E-state index is 12.1. The van der Waals surface area contributed by atoms with Crippen molar-refractivity contribution in [2.75, 3.05) is 13.7 Å². The Labute approximate surface area is 146 Å². The molecule has 1 aromatic carbocycles. The van der Waals surface area contributed by atoms with Crippen LogP contribution in [0.1, 0.15) is 31.7 Å². The molecule has 0 spiro atoms. The molecule has 0 bridgehead atoms. The number of rotatable bonds is 5. The van der Waals surface area contributed by atoms with Crippen LogP contribution >= 0.6 is 12.4 Å². The Morgan fingerprint density at radius 3 is 3.04 bits per heavy atom. The number of hydrogen-bond acceptors (Lipinski definition) is 6. The minimum atomic E-state index is -0.336. The minimum Gasteiger partial charge on any atom is -0.497 e. The van der Waals surface area contributed by atoms with Crippen molar-refractivity contribution >= 4 is 18.3 Å². The summed E-state index contributed by atoms with van der Waals surface area (Å²) < 4.78 is 10.5. The van der Waals surface area contributed by atoms with Gasteiger partial charge < -0.3 is 19.9 Å². The van der Waals surface area contributed by atoms with Crippen LogP contribution in [0.2, 0.25) is 0 Å². The minimum absolute atomic E-state index is 0. The van der Waals surface area contributed by atoms with E-state index in [9.17, 15) is 4.79 Å².